The monoisotopic (exact) mass is 349 g/mol. The highest BCUT2D eigenvalue weighted by Crippen LogP contribution is 2.36. The van der Waals surface area contributed by atoms with Crippen molar-refractivity contribution in [3.05, 3.63) is 36.3 Å². The number of H-pyrrole nitrogens is 1. The minimum absolute atomic E-state index is 0. The fraction of sp³-hybridized carbons (Fsp3) is 0.278. The number of nitrogens with one attached hydrogen (secondary N) is 2. The van der Waals surface area contributed by atoms with E-state index in [1.165, 1.54) is 6.33 Å². The van der Waals surface area contributed by atoms with E-state index in [0.29, 0.717) is 5.82 Å². The van der Waals surface area contributed by atoms with E-state index in [1.807, 2.05) is 19.1 Å². The van der Waals surface area contributed by atoms with Gasteiger partial charge in [-0.05, 0) is 31.4 Å². The summed E-state index contributed by atoms with van der Waals surface area (Å²) >= 11 is 0. The number of nitrogens with zero attached hydrogens (tertiary/aromatic N) is 5. The van der Waals surface area contributed by atoms with Crippen LogP contribution in [0.1, 0.15) is 19.8 Å². The van der Waals surface area contributed by atoms with E-state index in [1.54, 1.807) is 6.20 Å². The molecule has 2 N–H and O–H groups in total. The van der Waals surface area contributed by atoms with Gasteiger partial charge in [-0.2, -0.15) is 5.10 Å². The Kier molecular flexibility index (Phi) is 3.24. The molecule has 1 unspecified atom stereocenters. The summed E-state index contributed by atoms with van der Waals surface area (Å²) in [6.45, 7) is 2.88. The van der Waals surface area contributed by atoms with Gasteiger partial charge in [0.1, 0.15) is 12.4 Å². The lowest BCUT2D eigenvalue weighted by Gasteiger charge is -2.31. The first kappa shape index (κ1) is 15.0. The van der Waals surface area contributed by atoms with Gasteiger partial charge in [0, 0.05) is 19.1 Å². The van der Waals surface area contributed by atoms with Crippen LogP contribution in [-0.2, 0) is 4.79 Å². The molecule has 8 heteroatoms. The van der Waals surface area contributed by atoms with Crippen molar-refractivity contribution < 1.29 is 6.22 Å². The van der Waals surface area contributed by atoms with Gasteiger partial charge >= 0.3 is 0 Å². The summed E-state index contributed by atoms with van der Waals surface area (Å²) in [5.74, 6) is 2.07. The predicted molar refractivity (Wildman–Crippen MR) is 98.7 cm³/mol. The third-order valence-corrected chi connectivity index (χ3v) is 5.01. The molecule has 8 nitrogen and oxygen atoms in total. The topological polar surface area (TPSA) is 99.7 Å². The number of benzene rings is 1. The van der Waals surface area contributed by atoms with Crippen molar-refractivity contribution in [1.29, 1.82) is 0 Å². The summed E-state index contributed by atoms with van der Waals surface area (Å²) < 4.78 is 0. The lowest BCUT2D eigenvalue weighted by molar-refractivity contribution is -0.117. The summed E-state index contributed by atoms with van der Waals surface area (Å²) in [5, 5.41) is 9.65. The van der Waals surface area contributed by atoms with E-state index in [0.717, 1.165) is 53.4 Å². The molecule has 1 atom stereocenters. The second kappa shape index (κ2) is 5.62. The van der Waals surface area contributed by atoms with E-state index in [9.17, 15) is 4.79 Å². The number of aromatic amines is 1. The van der Waals surface area contributed by atoms with Gasteiger partial charge in [0.15, 0.2) is 17.5 Å². The zero-order valence-corrected chi connectivity index (χ0v) is 14.2. The lowest BCUT2D eigenvalue weighted by atomic mass is 10.0. The summed E-state index contributed by atoms with van der Waals surface area (Å²) in [7, 11) is 0. The minimum Gasteiger partial charge on any atom is -0.341 e. The standard InChI is InChI=1S/C18H17N7O.H2/c1-10-7-11(15-20-9-21-24-15)4-5-12(10)13-8-19-16-17(22-13)25-6-2-3-14(25)18(26)23-16;/h4-5,7-9,14H,2-3,6H2,1H3,(H,19,23,26)(H,20,21,24);1H. The maximum absolute atomic E-state index is 12.2. The van der Waals surface area contributed by atoms with Gasteiger partial charge < -0.3 is 10.2 Å². The SMILES string of the molecule is Cc1cc(-c2ncn[nH]2)ccc1-c1cnc2c(n1)N1CCCC1C(=O)N2.[HH]. The van der Waals surface area contributed by atoms with Crippen LogP contribution < -0.4 is 10.2 Å². The Hall–Kier alpha value is -3.29. The van der Waals surface area contributed by atoms with Crippen LogP contribution in [0, 0.1) is 6.92 Å². The van der Waals surface area contributed by atoms with Crippen LogP contribution in [0.15, 0.2) is 30.7 Å². The third kappa shape index (κ3) is 2.26. The van der Waals surface area contributed by atoms with Gasteiger partial charge in [-0.25, -0.2) is 15.0 Å². The van der Waals surface area contributed by atoms with Crippen molar-refractivity contribution in [2.24, 2.45) is 0 Å². The number of hydrogen-bond acceptors (Lipinski definition) is 6. The number of anilines is 2. The summed E-state index contributed by atoms with van der Waals surface area (Å²) in [4.78, 5) is 27.7. The second-order valence-corrected chi connectivity index (χ2v) is 6.63. The molecule has 132 valence electrons. The Morgan fingerprint density at radius 2 is 2.23 bits per heavy atom. The summed E-state index contributed by atoms with van der Waals surface area (Å²) in [5.41, 5.74) is 3.86. The van der Waals surface area contributed by atoms with E-state index >= 15 is 0 Å². The molecule has 3 aromatic rings. The first-order chi connectivity index (χ1) is 12.7. The van der Waals surface area contributed by atoms with Crippen molar-refractivity contribution in [2.75, 3.05) is 16.8 Å². The summed E-state index contributed by atoms with van der Waals surface area (Å²) in [6, 6.07) is 5.94. The smallest absolute Gasteiger partial charge is 0.248 e. The highest BCUT2D eigenvalue weighted by atomic mass is 16.2. The molecular weight excluding hydrogens is 330 g/mol. The van der Waals surface area contributed by atoms with E-state index in [4.69, 9.17) is 4.98 Å². The molecule has 4 heterocycles. The first-order valence-corrected chi connectivity index (χ1v) is 8.62. The minimum atomic E-state index is -0.123. The van der Waals surface area contributed by atoms with Crippen molar-refractivity contribution in [2.45, 2.75) is 25.8 Å². The Balaban J connectivity index is 0.00000180. The van der Waals surface area contributed by atoms with Crippen molar-refractivity contribution in [1.82, 2.24) is 25.1 Å². The van der Waals surface area contributed by atoms with E-state index < -0.39 is 0 Å². The lowest BCUT2D eigenvalue weighted by Crippen LogP contribution is -2.44. The van der Waals surface area contributed by atoms with Crippen LogP contribution in [0.2, 0.25) is 0 Å². The molecule has 1 aromatic carbocycles. The largest absolute Gasteiger partial charge is 0.341 e. The molecule has 2 aliphatic rings. The normalized spacial score (nSPS) is 18.4. The van der Waals surface area contributed by atoms with E-state index in [-0.39, 0.29) is 13.4 Å². The van der Waals surface area contributed by atoms with Gasteiger partial charge in [0.2, 0.25) is 5.91 Å². The van der Waals surface area contributed by atoms with Gasteiger partial charge in [0.25, 0.3) is 0 Å². The molecule has 1 fully saturated rings. The highest BCUT2D eigenvalue weighted by Gasteiger charge is 2.38. The molecule has 26 heavy (non-hydrogen) atoms. The van der Waals surface area contributed by atoms with Crippen molar-refractivity contribution in [3.63, 3.8) is 0 Å². The summed E-state index contributed by atoms with van der Waals surface area (Å²) in [6.07, 6.45) is 5.07. The quantitative estimate of drug-likeness (QED) is 0.737. The van der Waals surface area contributed by atoms with Crippen LogP contribution in [0.4, 0.5) is 11.6 Å². The van der Waals surface area contributed by atoms with Crippen LogP contribution in [-0.4, -0.2) is 43.6 Å². The Morgan fingerprint density at radius 3 is 3.04 bits per heavy atom. The molecule has 0 saturated carbocycles. The number of aromatic nitrogens is 5. The number of carbonyl (C=O) groups excluding carboxylic acids is 1. The average molecular weight is 349 g/mol. The van der Waals surface area contributed by atoms with Gasteiger partial charge in [-0.1, -0.05) is 12.1 Å². The molecule has 2 aromatic heterocycles. The molecule has 0 bridgehead atoms. The number of carbonyl (C=O) groups is 1. The number of hydrogen-bond donors (Lipinski definition) is 2. The average Bonchev–Trinajstić information content (AvgIpc) is 3.34. The number of aryl methyl sites for hydroxylation is 1. The van der Waals surface area contributed by atoms with Gasteiger partial charge in [0.05, 0.1) is 11.9 Å². The zero-order chi connectivity index (χ0) is 17.7. The number of rotatable bonds is 2. The fourth-order valence-corrected chi connectivity index (χ4v) is 3.73. The van der Waals surface area contributed by atoms with Crippen LogP contribution in [0.3, 0.4) is 0 Å². The Bertz CT molecular complexity index is 1000. The molecule has 1 saturated heterocycles. The molecule has 5 rings (SSSR count). The van der Waals surface area contributed by atoms with Crippen molar-refractivity contribution in [3.8, 4) is 22.6 Å². The second-order valence-electron chi connectivity index (χ2n) is 6.63. The molecule has 0 aliphatic carbocycles. The van der Waals surface area contributed by atoms with E-state index in [2.05, 4.69) is 36.4 Å². The van der Waals surface area contributed by atoms with Crippen LogP contribution in [0.5, 0.6) is 0 Å². The van der Waals surface area contributed by atoms with Crippen molar-refractivity contribution >= 4 is 17.5 Å². The Labute approximate surface area is 151 Å². The Morgan fingerprint density at radius 1 is 1.31 bits per heavy atom. The predicted octanol–water partition coefficient (Wildman–Crippen LogP) is 2.40. The maximum Gasteiger partial charge on any atom is 0.248 e. The van der Waals surface area contributed by atoms with Gasteiger partial charge in [-0.15, -0.1) is 0 Å². The maximum atomic E-state index is 12.2. The molecular formula is C18H19N7O. The first-order valence-electron chi connectivity index (χ1n) is 8.62. The number of amides is 1. The van der Waals surface area contributed by atoms with Crippen LogP contribution >= 0.6 is 0 Å². The molecule has 2 aliphatic heterocycles. The third-order valence-electron chi connectivity index (χ3n) is 5.01. The molecule has 1 amide bonds. The zero-order valence-electron chi connectivity index (χ0n) is 14.2. The fourth-order valence-electron chi connectivity index (χ4n) is 3.73. The molecule has 0 spiro atoms. The molecule has 0 radical (unpaired) electrons. The van der Waals surface area contributed by atoms with Gasteiger partial charge in [-0.3, -0.25) is 9.89 Å². The van der Waals surface area contributed by atoms with Crippen LogP contribution in [0.25, 0.3) is 22.6 Å². The number of fused-ring (bicyclic) bond motifs is 3. The highest BCUT2D eigenvalue weighted by molar-refractivity contribution is 6.02.